The predicted octanol–water partition coefficient (Wildman–Crippen LogP) is 1.62. The Morgan fingerprint density at radius 3 is 2.63 bits per heavy atom. The van der Waals surface area contributed by atoms with Gasteiger partial charge in [-0.05, 0) is 34.1 Å². The molecule has 1 aromatic heterocycles. The molecule has 1 aliphatic heterocycles. The van der Waals surface area contributed by atoms with Crippen molar-refractivity contribution >= 4 is 12.0 Å². The molecule has 9 nitrogen and oxygen atoms in total. The van der Waals surface area contributed by atoms with Crippen LogP contribution in [0.25, 0.3) is 0 Å². The van der Waals surface area contributed by atoms with Gasteiger partial charge in [-0.25, -0.2) is 9.78 Å². The third-order valence-electron chi connectivity index (χ3n) is 4.31. The second-order valence-electron chi connectivity index (χ2n) is 7.66. The molecule has 2 heterocycles. The van der Waals surface area contributed by atoms with Gasteiger partial charge in [-0.1, -0.05) is 0 Å². The lowest BCUT2D eigenvalue weighted by atomic mass is 10.0. The van der Waals surface area contributed by atoms with Crippen molar-refractivity contribution in [1.29, 1.82) is 0 Å². The highest BCUT2D eigenvalue weighted by Crippen LogP contribution is 2.18. The van der Waals surface area contributed by atoms with E-state index in [0.717, 1.165) is 5.69 Å². The molecule has 0 saturated carbocycles. The van der Waals surface area contributed by atoms with E-state index >= 15 is 0 Å². The molecule has 2 N–H and O–H groups in total. The Hall–Kier alpha value is -2.13. The number of H-pyrrole nitrogens is 1. The van der Waals surface area contributed by atoms with E-state index in [4.69, 9.17) is 14.2 Å². The average Bonchev–Trinajstić information content (AvgIpc) is 2.95. The summed E-state index contributed by atoms with van der Waals surface area (Å²) in [5, 5.41) is 2.95. The van der Waals surface area contributed by atoms with Gasteiger partial charge < -0.3 is 29.4 Å². The van der Waals surface area contributed by atoms with Gasteiger partial charge in [0.2, 0.25) is 0 Å². The summed E-state index contributed by atoms with van der Waals surface area (Å²) in [5.74, 6) is -0.0674. The van der Waals surface area contributed by atoms with E-state index in [1.807, 2.05) is 27.7 Å². The zero-order chi connectivity index (χ0) is 20.2. The molecule has 0 bridgehead atoms. The molecule has 1 saturated heterocycles. The molecule has 1 aliphatic rings. The van der Waals surface area contributed by atoms with E-state index in [0.29, 0.717) is 31.8 Å². The van der Waals surface area contributed by atoms with Crippen LogP contribution in [0.2, 0.25) is 0 Å². The maximum Gasteiger partial charge on any atom is 0.410 e. The topological polar surface area (TPSA) is 106 Å². The third kappa shape index (κ3) is 5.67. The number of likely N-dealkylation sites (tertiary alicyclic amines) is 1. The van der Waals surface area contributed by atoms with Gasteiger partial charge in [0.25, 0.3) is 5.91 Å². The Morgan fingerprint density at radius 1 is 1.33 bits per heavy atom. The molecule has 0 spiro atoms. The van der Waals surface area contributed by atoms with E-state index in [1.54, 1.807) is 19.1 Å². The maximum atomic E-state index is 12.5. The molecule has 0 aromatic carbocycles. The van der Waals surface area contributed by atoms with Crippen LogP contribution in [0.4, 0.5) is 4.79 Å². The van der Waals surface area contributed by atoms with Gasteiger partial charge in [0, 0.05) is 26.5 Å². The number of nitrogens with one attached hydrogen (secondary N) is 2. The molecule has 2 atom stereocenters. The van der Waals surface area contributed by atoms with Crippen LogP contribution >= 0.6 is 0 Å². The highest BCUT2D eigenvalue weighted by atomic mass is 16.6. The summed E-state index contributed by atoms with van der Waals surface area (Å²) in [4.78, 5) is 33.7. The van der Waals surface area contributed by atoms with E-state index in [2.05, 4.69) is 15.3 Å². The number of amides is 2. The molecule has 2 amide bonds. The van der Waals surface area contributed by atoms with Gasteiger partial charge in [-0.15, -0.1) is 0 Å². The summed E-state index contributed by atoms with van der Waals surface area (Å²) in [6, 6.07) is -0.225. The van der Waals surface area contributed by atoms with Crippen molar-refractivity contribution in [2.75, 3.05) is 27.3 Å². The minimum atomic E-state index is -0.554. The number of methoxy groups -OCH3 is 2. The normalized spacial score (nSPS) is 20.4. The highest BCUT2D eigenvalue weighted by molar-refractivity contribution is 5.91. The van der Waals surface area contributed by atoms with Crippen LogP contribution in [-0.4, -0.2) is 71.9 Å². The van der Waals surface area contributed by atoms with Crippen molar-refractivity contribution < 1.29 is 23.8 Å². The van der Waals surface area contributed by atoms with E-state index in [-0.39, 0.29) is 30.0 Å². The Morgan fingerprint density at radius 2 is 2.04 bits per heavy atom. The number of hydrogen-bond donors (Lipinski definition) is 2. The van der Waals surface area contributed by atoms with Crippen LogP contribution in [-0.2, 0) is 20.8 Å². The maximum absolute atomic E-state index is 12.5. The molecular formula is C18H30N4O5. The fourth-order valence-corrected chi connectivity index (χ4v) is 2.93. The third-order valence-corrected chi connectivity index (χ3v) is 4.31. The molecule has 2 unspecified atom stereocenters. The number of aryl methyl sites for hydroxylation is 1. The largest absolute Gasteiger partial charge is 0.444 e. The van der Waals surface area contributed by atoms with Crippen LogP contribution < -0.4 is 5.32 Å². The monoisotopic (exact) mass is 382 g/mol. The number of aromatic nitrogens is 2. The number of ether oxygens (including phenoxy) is 3. The van der Waals surface area contributed by atoms with Crippen molar-refractivity contribution in [3.8, 4) is 0 Å². The van der Waals surface area contributed by atoms with Crippen molar-refractivity contribution in [3.63, 3.8) is 0 Å². The Labute approximate surface area is 159 Å². The van der Waals surface area contributed by atoms with Gasteiger partial charge in [0.15, 0.2) is 5.82 Å². The zero-order valence-corrected chi connectivity index (χ0v) is 16.9. The number of carbonyl (C=O) groups excluding carboxylic acids is 2. The molecule has 0 radical (unpaired) electrons. The number of imidazole rings is 1. The van der Waals surface area contributed by atoms with Crippen LogP contribution in [0.5, 0.6) is 0 Å². The lowest BCUT2D eigenvalue weighted by Crippen LogP contribution is -2.56. The molecule has 1 fully saturated rings. The van der Waals surface area contributed by atoms with Crippen LogP contribution in [0.1, 0.15) is 49.2 Å². The summed E-state index contributed by atoms with van der Waals surface area (Å²) < 4.78 is 16.0. The van der Waals surface area contributed by atoms with Crippen molar-refractivity contribution in [2.45, 2.75) is 58.5 Å². The van der Waals surface area contributed by atoms with Crippen LogP contribution in [0.3, 0.4) is 0 Å². The SMILES string of the molecule is COCc1nc(C(=O)NC2CCN(C(=O)OC(C)(C)C)CC2OC)[nH]c1C. The van der Waals surface area contributed by atoms with Crippen molar-refractivity contribution in [2.24, 2.45) is 0 Å². The Balaban J connectivity index is 1.98. The number of hydrogen-bond acceptors (Lipinski definition) is 6. The smallest absolute Gasteiger partial charge is 0.410 e. The Bertz CT molecular complexity index is 667. The first-order valence-corrected chi connectivity index (χ1v) is 9.00. The molecule has 152 valence electrons. The second kappa shape index (κ2) is 8.71. The first-order chi connectivity index (χ1) is 12.6. The average molecular weight is 382 g/mol. The summed E-state index contributed by atoms with van der Waals surface area (Å²) in [6.45, 7) is 8.49. The number of carbonyl (C=O) groups is 2. The summed E-state index contributed by atoms with van der Waals surface area (Å²) in [5.41, 5.74) is 0.942. The number of piperidine rings is 1. The molecular weight excluding hydrogens is 352 g/mol. The number of nitrogens with zero attached hydrogens (tertiary/aromatic N) is 2. The van der Waals surface area contributed by atoms with E-state index in [1.165, 1.54) is 0 Å². The minimum Gasteiger partial charge on any atom is -0.444 e. The zero-order valence-electron chi connectivity index (χ0n) is 16.9. The lowest BCUT2D eigenvalue weighted by molar-refractivity contribution is -0.0172. The summed E-state index contributed by atoms with van der Waals surface area (Å²) in [7, 11) is 3.14. The summed E-state index contributed by atoms with van der Waals surface area (Å²) >= 11 is 0. The van der Waals surface area contributed by atoms with E-state index < -0.39 is 5.60 Å². The van der Waals surface area contributed by atoms with Gasteiger partial charge in [-0.2, -0.15) is 0 Å². The number of rotatable bonds is 5. The molecule has 9 heteroatoms. The number of aromatic amines is 1. The van der Waals surface area contributed by atoms with Crippen LogP contribution in [0.15, 0.2) is 0 Å². The molecule has 1 aromatic rings. The van der Waals surface area contributed by atoms with Gasteiger partial charge in [0.05, 0.1) is 31.0 Å². The quantitative estimate of drug-likeness (QED) is 0.802. The highest BCUT2D eigenvalue weighted by Gasteiger charge is 2.35. The first kappa shape index (κ1) is 21.2. The Kier molecular flexibility index (Phi) is 6.83. The lowest BCUT2D eigenvalue weighted by Gasteiger charge is -2.38. The van der Waals surface area contributed by atoms with Gasteiger partial charge in [0.1, 0.15) is 5.60 Å². The van der Waals surface area contributed by atoms with Gasteiger partial charge in [-0.3, -0.25) is 4.79 Å². The molecule has 27 heavy (non-hydrogen) atoms. The van der Waals surface area contributed by atoms with Crippen molar-refractivity contribution in [1.82, 2.24) is 20.2 Å². The van der Waals surface area contributed by atoms with Gasteiger partial charge >= 0.3 is 6.09 Å². The summed E-state index contributed by atoms with van der Waals surface area (Å²) in [6.07, 6.45) is -0.140. The standard InChI is InChI=1S/C18H30N4O5/c1-11-13(10-25-5)20-15(19-11)16(23)21-12-7-8-22(9-14(12)26-6)17(24)27-18(2,3)4/h12,14H,7-10H2,1-6H3,(H,19,20)(H,21,23). The fraction of sp³-hybridized carbons (Fsp3) is 0.722. The van der Waals surface area contributed by atoms with E-state index in [9.17, 15) is 9.59 Å². The second-order valence-corrected chi connectivity index (χ2v) is 7.66. The predicted molar refractivity (Wildman–Crippen MR) is 98.5 cm³/mol. The molecule has 0 aliphatic carbocycles. The van der Waals surface area contributed by atoms with Crippen LogP contribution in [0, 0.1) is 6.92 Å². The molecule has 2 rings (SSSR count). The minimum absolute atomic E-state index is 0.225. The fourth-order valence-electron chi connectivity index (χ4n) is 2.93. The van der Waals surface area contributed by atoms with Crippen molar-refractivity contribution in [3.05, 3.63) is 17.2 Å². The first-order valence-electron chi connectivity index (χ1n) is 9.00.